The third-order valence-electron chi connectivity index (χ3n) is 12.0. The number of hydrogen-bond acceptors (Lipinski definition) is 8. The van der Waals surface area contributed by atoms with Gasteiger partial charge in [0, 0.05) is 61.8 Å². The molecule has 300 valence electrons. The fourth-order valence-corrected chi connectivity index (χ4v) is 9.81. The minimum Gasteiger partial charge on any atom is -0.497 e. The van der Waals surface area contributed by atoms with E-state index in [1.54, 1.807) is 24.1 Å². The Morgan fingerprint density at radius 2 is 1.79 bits per heavy atom. The molecular formula is C42H55N7O6S. The predicted molar refractivity (Wildman–Crippen MR) is 219 cm³/mol. The monoisotopic (exact) mass is 785 g/mol. The summed E-state index contributed by atoms with van der Waals surface area (Å²) >= 11 is 0. The molecule has 3 aliphatic rings. The number of rotatable bonds is 12. The van der Waals surface area contributed by atoms with Gasteiger partial charge in [-0.1, -0.05) is 39.2 Å². The number of methoxy groups -OCH3 is 1. The molecular weight excluding hydrogens is 731 g/mol. The summed E-state index contributed by atoms with van der Waals surface area (Å²) in [7, 11) is 3.40. The fourth-order valence-electron chi connectivity index (χ4n) is 8.70. The number of fused-ring (bicyclic) bond motifs is 5. The number of benzene rings is 2. The zero-order valence-corrected chi connectivity index (χ0v) is 34.3. The Balaban J connectivity index is 1.38. The van der Waals surface area contributed by atoms with Crippen molar-refractivity contribution in [3.8, 4) is 17.0 Å². The van der Waals surface area contributed by atoms with Gasteiger partial charge in [-0.05, 0) is 91.9 Å². The number of nitrogens with zero attached hydrogens (tertiary/aromatic N) is 6. The van der Waals surface area contributed by atoms with Crippen molar-refractivity contribution in [1.82, 2.24) is 33.2 Å². The van der Waals surface area contributed by atoms with E-state index in [-0.39, 0.29) is 43.8 Å². The zero-order valence-electron chi connectivity index (χ0n) is 33.5. The number of likely N-dealkylation sites (N-methyl/N-ethyl adjacent to an activating group) is 2. The molecule has 14 heteroatoms. The molecule has 4 heterocycles. The second-order valence-electron chi connectivity index (χ2n) is 15.3. The summed E-state index contributed by atoms with van der Waals surface area (Å²) in [6.07, 6.45) is 10.2. The summed E-state index contributed by atoms with van der Waals surface area (Å²) in [5.74, 6) is 0.233. The highest BCUT2D eigenvalue weighted by atomic mass is 32.2. The summed E-state index contributed by atoms with van der Waals surface area (Å²) in [5.41, 5.74) is 7.47. The van der Waals surface area contributed by atoms with Crippen LogP contribution in [0.4, 0.5) is 0 Å². The van der Waals surface area contributed by atoms with Gasteiger partial charge in [0.25, 0.3) is 11.8 Å². The zero-order chi connectivity index (χ0) is 39.7. The maximum absolute atomic E-state index is 14.4. The molecule has 2 aromatic heterocycles. The Morgan fingerprint density at radius 1 is 1.04 bits per heavy atom. The van der Waals surface area contributed by atoms with Gasteiger partial charge in [-0.15, -0.1) is 0 Å². The molecule has 4 aromatic rings. The number of ether oxygens (including phenoxy) is 2. The molecule has 2 aromatic carbocycles. The highest BCUT2D eigenvalue weighted by Gasteiger charge is 2.33. The number of morpholine rings is 1. The number of carbonyl (C=O) groups excluding carboxylic acids is 2. The molecule has 1 saturated heterocycles. The summed E-state index contributed by atoms with van der Waals surface area (Å²) in [5, 5.41) is 5.68. The average Bonchev–Trinajstić information content (AvgIpc) is 3.70. The molecule has 0 radical (unpaired) electrons. The number of aromatic nitrogens is 3. The van der Waals surface area contributed by atoms with Gasteiger partial charge in [-0.25, -0.2) is 4.72 Å². The second kappa shape index (κ2) is 16.5. The predicted octanol–water partition coefficient (Wildman–Crippen LogP) is 5.76. The first-order valence-corrected chi connectivity index (χ1v) is 21.3. The van der Waals surface area contributed by atoms with Gasteiger partial charge < -0.3 is 23.8 Å². The van der Waals surface area contributed by atoms with E-state index >= 15 is 0 Å². The van der Waals surface area contributed by atoms with E-state index in [0.29, 0.717) is 23.7 Å². The van der Waals surface area contributed by atoms with Crippen molar-refractivity contribution in [1.29, 1.82) is 0 Å². The smallest absolute Gasteiger partial charge is 0.304 e. The van der Waals surface area contributed by atoms with Crippen LogP contribution in [0.2, 0.25) is 0 Å². The van der Waals surface area contributed by atoms with Crippen molar-refractivity contribution in [3.05, 3.63) is 70.5 Å². The molecule has 2 fully saturated rings. The highest BCUT2D eigenvalue weighted by Crippen LogP contribution is 2.48. The normalized spacial score (nSPS) is 17.2. The molecule has 13 nitrogen and oxygen atoms in total. The third kappa shape index (κ3) is 7.63. The maximum atomic E-state index is 14.4. The molecule has 0 unspecified atom stereocenters. The van der Waals surface area contributed by atoms with Crippen LogP contribution in [-0.2, 0) is 28.5 Å². The van der Waals surface area contributed by atoms with Crippen LogP contribution in [0.3, 0.4) is 0 Å². The lowest BCUT2D eigenvalue weighted by Gasteiger charge is -2.30. The lowest BCUT2D eigenvalue weighted by atomic mass is 9.81. The van der Waals surface area contributed by atoms with Crippen molar-refractivity contribution in [2.45, 2.75) is 70.9 Å². The van der Waals surface area contributed by atoms with Gasteiger partial charge in [0.05, 0.1) is 50.0 Å². The van der Waals surface area contributed by atoms with Gasteiger partial charge >= 0.3 is 10.2 Å². The highest BCUT2D eigenvalue weighted by molar-refractivity contribution is 7.87. The van der Waals surface area contributed by atoms with Crippen LogP contribution in [0.5, 0.6) is 5.75 Å². The molecule has 2 aliphatic heterocycles. The molecule has 56 heavy (non-hydrogen) atoms. The molecule has 1 aliphatic carbocycles. The van der Waals surface area contributed by atoms with E-state index in [4.69, 9.17) is 9.47 Å². The van der Waals surface area contributed by atoms with Crippen LogP contribution in [0.25, 0.3) is 33.8 Å². The number of allylic oxidation sites excluding steroid dienone is 1. The van der Waals surface area contributed by atoms with Crippen LogP contribution in [0.15, 0.2) is 42.6 Å². The van der Waals surface area contributed by atoms with Crippen molar-refractivity contribution in [2.75, 3.05) is 60.6 Å². The molecule has 0 bridgehead atoms. The summed E-state index contributed by atoms with van der Waals surface area (Å²) in [6, 6.07) is 11.7. The SMILES string of the molecule is CC[C@H](CN(C)CC)N(C)C(=O)c1cnn(C)c1C1=Cc2cc(OC)ccc2-c2c(C3CCCCC3)c3ccc(C(=O)NS(=O)(=O)N4CCOCC4)cc3n2C1. The lowest BCUT2D eigenvalue weighted by molar-refractivity contribution is 0.0695. The molecule has 1 atom stereocenters. The number of amides is 2. The van der Waals surface area contributed by atoms with E-state index in [1.165, 1.54) is 16.3 Å². The number of hydrogen-bond donors (Lipinski definition) is 1. The van der Waals surface area contributed by atoms with Crippen LogP contribution in [0.1, 0.15) is 95.8 Å². The largest absolute Gasteiger partial charge is 0.497 e. The number of aryl methyl sites for hydroxylation is 1. The van der Waals surface area contributed by atoms with Gasteiger partial charge in [0.1, 0.15) is 5.75 Å². The Labute approximate surface area is 330 Å². The van der Waals surface area contributed by atoms with Gasteiger partial charge in [0.15, 0.2) is 0 Å². The fraction of sp³-hybridized carbons (Fsp3) is 0.500. The van der Waals surface area contributed by atoms with Crippen LogP contribution < -0.4 is 9.46 Å². The van der Waals surface area contributed by atoms with Crippen molar-refractivity contribution >= 4 is 44.6 Å². The topological polar surface area (TPSA) is 131 Å². The standard InChI is InChI=1S/C42H55N7O6S/c1-7-32(27-45(3)8-2)46(4)42(51)36-25-43-47(5)39(36)31-22-30-23-33(54-6)15-17-34(30)40-38(28-12-10-9-11-13-28)35-16-14-29(24-37(35)49(40)26-31)41(50)44-56(52,53)48-18-20-55-21-19-48/h14-17,22-25,28,32H,7-13,18-21,26-27H2,1-6H3,(H,44,50)/t32-/m1/s1. The molecule has 7 rings (SSSR count). The Hall–Kier alpha value is -4.50. The van der Waals surface area contributed by atoms with Crippen LogP contribution in [0, 0.1) is 0 Å². The quantitative estimate of drug-likeness (QED) is 0.192. The van der Waals surface area contributed by atoms with E-state index in [1.807, 2.05) is 43.3 Å². The van der Waals surface area contributed by atoms with E-state index in [0.717, 1.165) is 84.2 Å². The van der Waals surface area contributed by atoms with Gasteiger partial charge in [-0.2, -0.15) is 17.8 Å². The number of carbonyl (C=O) groups is 2. The maximum Gasteiger partial charge on any atom is 0.304 e. The first kappa shape index (κ1) is 39.7. The summed E-state index contributed by atoms with van der Waals surface area (Å²) in [4.78, 5) is 32.3. The van der Waals surface area contributed by atoms with Gasteiger partial charge in [0.2, 0.25) is 0 Å². The Kier molecular flexibility index (Phi) is 11.7. The lowest BCUT2D eigenvalue weighted by Crippen LogP contribution is -2.48. The van der Waals surface area contributed by atoms with Crippen LogP contribution in [-0.4, -0.2) is 115 Å². The minimum absolute atomic E-state index is 0.0169. The molecule has 2 amide bonds. The second-order valence-corrected chi connectivity index (χ2v) is 17.0. The van der Waals surface area contributed by atoms with Crippen molar-refractivity contribution < 1.29 is 27.5 Å². The first-order valence-electron chi connectivity index (χ1n) is 19.9. The molecule has 1 saturated carbocycles. The first-order chi connectivity index (χ1) is 26.9. The van der Waals surface area contributed by atoms with E-state index in [2.05, 4.69) is 52.3 Å². The summed E-state index contributed by atoms with van der Waals surface area (Å²) < 4.78 is 45.2. The average molecular weight is 786 g/mol. The van der Waals surface area contributed by atoms with E-state index in [9.17, 15) is 18.0 Å². The summed E-state index contributed by atoms with van der Waals surface area (Å²) in [6.45, 7) is 7.16. The van der Waals surface area contributed by atoms with Gasteiger partial charge in [-0.3, -0.25) is 14.3 Å². The van der Waals surface area contributed by atoms with Crippen molar-refractivity contribution in [3.63, 3.8) is 0 Å². The third-order valence-corrected chi connectivity index (χ3v) is 13.4. The Bertz CT molecular complexity index is 2250. The van der Waals surface area contributed by atoms with E-state index < -0.39 is 16.1 Å². The molecule has 1 N–H and O–H groups in total. The van der Waals surface area contributed by atoms with Crippen LogP contribution >= 0.6 is 0 Å². The minimum atomic E-state index is -4.07. The Morgan fingerprint density at radius 3 is 2.48 bits per heavy atom. The number of nitrogens with one attached hydrogen (secondary N) is 1. The molecule has 0 spiro atoms. The van der Waals surface area contributed by atoms with Crippen molar-refractivity contribution in [2.24, 2.45) is 7.05 Å².